The second kappa shape index (κ2) is 5.79. The fraction of sp³-hybridized carbons (Fsp3) is 0.538. The Morgan fingerprint density at radius 1 is 1.32 bits per heavy atom. The SMILES string of the molecule is Cc1c(Cl)cccc1S(=O)(=O)NC1CCCCC1O. The Balaban J connectivity index is 2.25. The molecule has 2 rings (SSSR count). The zero-order valence-electron chi connectivity index (χ0n) is 10.8. The summed E-state index contributed by atoms with van der Waals surface area (Å²) in [7, 11) is -3.64. The fourth-order valence-electron chi connectivity index (χ4n) is 2.39. The molecule has 0 saturated heterocycles. The molecule has 1 fully saturated rings. The van der Waals surface area contributed by atoms with Gasteiger partial charge in [0.1, 0.15) is 0 Å². The number of aliphatic hydroxyl groups is 1. The van der Waals surface area contributed by atoms with Crippen molar-refractivity contribution in [2.45, 2.75) is 49.6 Å². The molecule has 1 saturated carbocycles. The summed E-state index contributed by atoms with van der Waals surface area (Å²) in [6.45, 7) is 1.67. The van der Waals surface area contributed by atoms with Crippen LogP contribution in [0.15, 0.2) is 23.1 Å². The topological polar surface area (TPSA) is 66.4 Å². The maximum atomic E-state index is 12.3. The average molecular weight is 304 g/mol. The van der Waals surface area contributed by atoms with Gasteiger partial charge in [0.15, 0.2) is 0 Å². The van der Waals surface area contributed by atoms with E-state index in [-0.39, 0.29) is 4.90 Å². The van der Waals surface area contributed by atoms with Crippen LogP contribution in [0.5, 0.6) is 0 Å². The first kappa shape index (κ1) is 14.8. The first-order valence-corrected chi connectivity index (χ1v) is 8.23. The molecule has 2 N–H and O–H groups in total. The molecule has 1 aliphatic carbocycles. The van der Waals surface area contributed by atoms with Crippen LogP contribution in [0.2, 0.25) is 5.02 Å². The van der Waals surface area contributed by atoms with E-state index in [1.165, 1.54) is 6.07 Å². The lowest BCUT2D eigenvalue weighted by Gasteiger charge is -2.28. The minimum absolute atomic E-state index is 0.178. The number of hydrogen-bond acceptors (Lipinski definition) is 3. The minimum Gasteiger partial charge on any atom is -0.391 e. The summed E-state index contributed by atoms with van der Waals surface area (Å²) >= 11 is 5.95. The molecule has 0 amide bonds. The number of aliphatic hydroxyl groups excluding tert-OH is 1. The van der Waals surface area contributed by atoms with E-state index < -0.39 is 22.2 Å². The van der Waals surface area contributed by atoms with Crippen molar-refractivity contribution in [2.24, 2.45) is 0 Å². The van der Waals surface area contributed by atoms with Crippen molar-refractivity contribution in [3.63, 3.8) is 0 Å². The predicted octanol–water partition coefficient (Wildman–Crippen LogP) is 2.23. The van der Waals surface area contributed by atoms with Crippen LogP contribution < -0.4 is 4.72 Å². The smallest absolute Gasteiger partial charge is 0.241 e. The number of benzene rings is 1. The minimum atomic E-state index is -3.64. The summed E-state index contributed by atoms with van der Waals surface area (Å²) in [5, 5.41) is 10.3. The van der Waals surface area contributed by atoms with E-state index >= 15 is 0 Å². The number of sulfonamides is 1. The molecule has 106 valence electrons. The summed E-state index contributed by atoms with van der Waals surface area (Å²) in [6, 6.07) is 4.39. The monoisotopic (exact) mass is 303 g/mol. The van der Waals surface area contributed by atoms with Crippen molar-refractivity contribution in [1.29, 1.82) is 0 Å². The quantitative estimate of drug-likeness (QED) is 0.900. The Bertz CT molecular complexity index is 559. The fourth-order valence-corrected chi connectivity index (χ4v) is 4.19. The van der Waals surface area contributed by atoms with Gasteiger partial charge in [-0.15, -0.1) is 0 Å². The molecule has 1 aliphatic rings. The molecule has 6 heteroatoms. The van der Waals surface area contributed by atoms with Crippen LogP contribution in [0.3, 0.4) is 0 Å². The lowest BCUT2D eigenvalue weighted by molar-refractivity contribution is 0.101. The summed E-state index contributed by atoms with van der Waals surface area (Å²) in [4.78, 5) is 0.178. The third kappa shape index (κ3) is 3.28. The number of nitrogens with one attached hydrogen (secondary N) is 1. The third-order valence-electron chi connectivity index (χ3n) is 3.54. The van der Waals surface area contributed by atoms with E-state index in [4.69, 9.17) is 11.6 Å². The molecule has 0 aliphatic heterocycles. The largest absolute Gasteiger partial charge is 0.391 e. The lowest BCUT2D eigenvalue weighted by Crippen LogP contribution is -2.45. The highest BCUT2D eigenvalue weighted by Crippen LogP contribution is 2.25. The zero-order chi connectivity index (χ0) is 14.0. The van der Waals surface area contributed by atoms with Gasteiger partial charge in [0.25, 0.3) is 0 Å². The van der Waals surface area contributed by atoms with Crippen molar-refractivity contribution >= 4 is 21.6 Å². The van der Waals surface area contributed by atoms with Crippen LogP contribution >= 0.6 is 11.6 Å². The third-order valence-corrected chi connectivity index (χ3v) is 5.59. The summed E-state index contributed by atoms with van der Waals surface area (Å²) in [5.74, 6) is 0. The molecule has 0 heterocycles. The molecular formula is C13H18ClNO3S. The van der Waals surface area contributed by atoms with E-state index in [1.54, 1.807) is 19.1 Å². The van der Waals surface area contributed by atoms with Crippen molar-refractivity contribution in [2.75, 3.05) is 0 Å². The van der Waals surface area contributed by atoms with Crippen molar-refractivity contribution in [3.8, 4) is 0 Å². The second-order valence-electron chi connectivity index (χ2n) is 4.94. The van der Waals surface area contributed by atoms with Gasteiger partial charge in [0.2, 0.25) is 10.0 Å². The van der Waals surface area contributed by atoms with Crippen molar-refractivity contribution < 1.29 is 13.5 Å². The lowest BCUT2D eigenvalue weighted by atomic mass is 9.93. The first-order chi connectivity index (χ1) is 8.92. The number of halogens is 1. The van der Waals surface area contributed by atoms with Gasteiger partial charge in [-0.1, -0.05) is 30.5 Å². The normalized spacial score (nSPS) is 24.4. The van der Waals surface area contributed by atoms with Gasteiger partial charge in [0.05, 0.1) is 11.0 Å². The molecule has 1 aromatic rings. The van der Waals surface area contributed by atoms with Gasteiger partial charge in [-0.05, 0) is 37.5 Å². The zero-order valence-corrected chi connectivity index (χ0v) is 12.3. The van der Waals surface area contributed by atoms with E-state index in [0.717, 1.165) is 12.8 Å². The highest BCUT2D eigenvalue weighted by Gasteiger charge is 2.29. The predicted molar refractivity (Wildman–Crippen MR) is 74.8 cm³/mol. The van der Waals surface area contributed by atoms with E-state index in [9.17, 15) is 13.5 Å². The summed E-state index contributed by atoms with van der Waals surface area (Å²) in [5.41, 5.74) is 0.530. The van der Waals surface area contributed by atoms with Gasteiger partial charge in [-0.2, -0.15) is 0 Å². The standard InChI is InChI=1S/C13H18ClNO3S/c1-9-10(14)5-4-8-13(9)19(17,18)15-11-6-2-3-7-12(11)16/h4-5,8,11-12,15-16H,2-3,6-7H2,1H3. The molecule has 0 radical (unpaired) electrons. The first-order valence-electron chi connectivity index (χ1n) is 6.37. The van der Waals surface area contributed by atoms with E-state index in [1.807, 2.05) is 0 Å². The van der Waals surface area contributed by atoms with E-state index in [0.29, 0.717) is 23.4 Å². The molecule has 0 bridgehead atoms. The van der Waals surface area contributed by atoms with Crippen LogP contribution in [0, 0.1) is 6.92 Å². The second-order valence-corrected chi connectivity index (χ2v) is 7.03. The van der Waals surface area contributed by atoms with Crippen LogP contribution in [0.25, 0.3) is 0 Å². The molecule has 4 nitrogen and oxygen atoms in total. The molecule has 1 aromatic carbocycles. The molecule has 19 heavy (non-hydrogen) atoms. The Morgan fingerprint density at radius 2 is 2.00 bits per heavy atom. The molecule has 2 atom stereocenters. The van der Waals surface area contributed by atoms with Crippen LogP contribution in [0.1, 0.15) is 31.2 Å². The summed E-state index contributed by atoms with van der Waals surface area (Å²) in [6.07, 6.45) is 2.57. The Kier molecular flexibility index (Phi) is 4.50. The van der Waals surface area contributed by atoms with Crippen LogP contribution in [-0.2, 0) is 10.0 Å². The number of rotatable bonds is 3. The maximum Gasteiger partial charge on any atom is 0.241 e. The van der Waals surface area contributed by atoms with Crippen molar-refractivity contribution in [3.05, 3.63) is 28.8 Å². The van der Waals surface area contributed by atoms with Gasteiger partial charge in [-0.3, -0.25) is 0 Å². The Labute approximate surface area is 118 Å². The summed E-state index contributed by atoms with van der Waals surface area (Å²) < 4.78 is 27.3. The van der Waals surface area contributed by atoms with E-state index in [2.05, 4.69) is 4.72 Å². The van der Waals surface area contributed by atoms with Gasteiger partial charge >= 0.3 is 0 Å². The molecular weight excluding hydrogens is 286 g/mol. The molecule has 2 unspecified atom stereocenters. The van der Waals surface area contributed by atoms with Gasteiger partial charge in [0, 0.05) is 11.1 Å². The molecule has 0 aromatic heterocycles. The highest BCUT2D eigenvalue weighted by molar-refractivity contribution is 7.89. The molecule has 0 spiro atoms. The van der Waals surface area contributed by atoms with Crippen LogP contribution in [0.4, 0.5) is 0 Å². The van der Waals surface area contributed by atoms with Gasteiger partial charge < -0.3 is 5.11 Å². The average Bonchev–Trinajstić information content (AvgIpc) is 2.35. The van der Waals surface area contributed by atoms with Crippen LogP contribution in [-0.4, -0.2) is 25.7 Å². The maximum absolute atomic E-state index is 12.3. The highest BCUT2D eigenvalue weighted by atomic mass is 35.5. The Hall–Kier alpha value is -0.620. The van der Waals surface area contributed by atoms with Gasteiger partial charge in [-0.25, -0.2) is 13.1 Å². The number of hydrogen-bond donors (Lipinski definition) is 2. The van der Waals surface area contributed by atoms with Crippen molar-refractivity contribution in [1.82, 2.24) is 4.72 Å². The Morgan fingerprint density at radius 3 is 2.68 bits per heavy atom.